The highest BCUT2D eigenvalue weighted by molar-refractivity contribution is 5.84. The van der Waals surface area contributed by atoms with Gasteiger partial charge < -0.3 is 0 Å². The minimum absolute atomic E-state index is 0.146. The Morgan fingerprint density at radius 1 is 0.545 bits per heavy atom. The SMILES string of the molecule is Cc1cccc(C)c1N1C=[N+](c2c(C)cccc2C)C(c2ccccc2)C1c1ccccc1. The summed E-state index contributed by atoms with van der Waals surface area (Å²) in [4.78, 5) is 2.50. The Morgan fingerprint density at radius 2 is 1.03 bits per heavy atom. The van der Waals surface area contributed by atoms with E-state index in [1.54, 1.807) is 0 Å². The number of benzene rings is 4. The quantitative estimate of drug-likeness (QED) is 0.302. The molecule has 2 unspecified atom stereocenters. The first-order chi connectivity index (χ1) is 16.1. The van der Waals surface area contributed by atoms with E-state index >= 15 is 0 Å². The fourth-order valence-electron chi connectivity index (χ4n) is 5.39. The van der Waals surface area contributed by atoms with Gasteiger partial charge in [-0.2, -0.15) is 0 Å². The molecule has 0 bridgehead atoms. The van der Waals surface area contributed by atoms with Gasteiger partial charge in [0, 0.05) is 11.1 Å². The molecule has 4 aromatic rings. The average Bonchev–Trinajstić information content (AvgIpc) is 3.19. The topological polar surface area (TPSA) is 6.25 Å². The van der Waals surface area contributed by atoms with Crippen molar-refractivity contribution in [1.82, 2.24) is 0 Å². The van der Waals surface area contributed by atoms with Crippen LogP contribution in [0.15, 0.2) is 97.1 Å². The molecular weight excluding hydrogens is 400 g/mol. The van der Waals surface area contributed by atoms with Gasteiger partial charge in [0.2, 0.25) is 6.34 Å². The Morgan fingerprint density at radius 3 is 1.58 bits per heavy atom. The summed E-state index contributed by atoms with van der Waals surface area (Å²) in [5.74, 6) is 0. The maximum absolute atomic E-state index is 2.50. The van der Waals surface area contributed by atoms with Crippen LogP contribution in [0.5, 0.6) is 0 Å². The predicted molar refractivity (Wildman–Crippen MR) is 139 cm³/mol. The van der Waals surface area contributed by atoms with Crippen molar-refractivity contribution in [3.8, 4) is 0 Å². The number of nitrogens with zero attached hydrogens (tertiary/aromatic N) is 2. The van der Waals surface area contributed by atoms with Crippen molar-refractivity contribution in [3.05, 3.63) is 130 Å². The van der Waals surface area contributed by atoms with E-state index in [0.717, 1.165) is 0 Å². The normalized spacial score (nSPS) is 17.8. The van der Waals surface area contributed by atoms with E-state index < -0.39 is 0 Å². The van der Waals surface area contributed by atoms with Gasteiger partial charge in [0.05, 0.1) is 0 Å². The molecule has 0 fully saturated rings. The predicted octanol–water partition coefficient (Wildman–Crippen LogP) is 7.60. The van der Waals surface area contributed by atoms with E-state index in [0.29, 0.717) is 0 Å². The van der Waals surface area contributed by atoms with Gasteiger partial charge in [-0.05, 0) is 49.9 Å². The summed E-state index contributed by atoms with van der Waals surface area (Å²) in [6.07, 6.45) is 2.35. The van der Waals surface area contributed by atoms with Crippen LogP contribution >= 0.6 is 0 Å². The molecule has 2 heteroatoms. The van der Waals surface area contributed by atoms with Crippen molar-refractivity contribution in [3.63, 3.8) is 0 Å². The molecule has 1 heterocycles. The van der Waals surface area contributed by atoms with Gasteiger partial charge in [-0.25, -0.2) is 9.48 Å². The van der Waals surface area contributed by atoms with Crippen molar-refractivity contribution >= 4 is 17.7 Å². The number of hydrogen-bond acceptors (Lipinski definition) is 1. The summed E-state index contributed by atoms with van der Waals surface area (Å²) in [7, 11) is 0. The van der Waals surface area contributed by atoms with Crippen molar-refractivity contribution in [2.75, 3.05) is 4.90 Å². The second-order valence-electron chi connectivity index (χ2n) is 9.12. The zero-order valence-electron chi connectivity index (χ0n) is 19.9. The zero-order valence-corrected chi connectivity index (χ0v) is 19.9. The molecule has 164 valence electrons. The minimum atomic E-state index is 0.146. The lowest BCUT2D eigenvalue weighted by molar-refractivity contribution is -0.482. The third kappa shape index (κ3) is 3.76. The van der Waals surface area contributed by atoms with Crippen LogP contribution < -0.4 is 4.90 Å². The second-order valence-corrected chi connectivity index (χ2v) is 9.12. The molecule has 2 nitrogen and oxygen atoms in total. The molecule has 0 amide bonds. The van der Waals surface area contributed by atoms with Gasteiger partial charge >= 0.3 is 0 Å². The van der Waals surface area contributed by atoms with Gasteiger partial charge in [-0.15, -0.1) is 0 Å². The molecule has 1 aliphatic heterocycles. The van der Waals surface area contributed by atoms with Crippen LogP contribution in [0.4, 0.5) is 11.4 Å². The van der Waals surface area contributed by atoms with Crippen molar-refractivity contribution < 1.29 is 4.58 Å². The Labute approximate surface area is 197 Å². The maximum Gasteiger partial charge on any atom is 0.245 e. The number of anilines is 1. The molecule has 0 saturated heterocycles. The first kappa shape index (κ1) is 21.2. The van der Waals surface area contributed by atoms with Crippen LogP contribution in [0.3, 0.4) is 0 Å². The smallest absolute Gasteiger partial charge is 0.221 e. The third-order valence-corrected chi connectivity index (χ3v) is 6.82. The highest BCUT2D eigenvalue weighted by atomic mass is 15.3. The van der Waals surface area contributed by atoms with E-state index in [1.807, 2.05) is 0 Å². The van der Waals surface area contributed by atoms with Crippen LogP contribution in [0, 0.1) is 27.7 Å². The van der Waals surface area contributed by atoms with E-state index in [4.69, 9.17) is 0 Å². The highest BCUT2D eigenvalue weighted by Crippen LogP contribution is 2.47. The highest BCUT2D eigenvalue weighted by Gasteiger charge is 2.47. The Bertz CT molecular complexity index is 1270. The van der Waals surface area contributed by atoms with E-state index in [1.165, 1.54) is 44.8 Å². The Balaban J connectivity index is 1.81. The molecule has 5 rings (SSSR count). The van der Waals surface area contributed by atoms with Crippen molar-refractivity contribution in [2.45, 2.75) is 39.8 Å². The molecule has 2 atom stereocenters. The molecule has 4 aromatic carbocycles. The zero-order chi connectivity index (χ0) is 22.9. The van der Waals surface area contributed by atoms with E-state index in [9.17, 15) is 0 Å². The van der Waals surface area contributed by atoms with E-state index in [2.05, 4.69) is 141 Å². The van der Waals surface area contributed by atoms with Crippen LogP contribution in [0.25, 0.3) is 0 Å². The first-order valence-corrected chi connectivity index (χ1v) is 11.7. The van der Waals surface area contributed by atoms with Gasteiger partial charge in [0.1, 0.15) is 11.4 Å². The second kappa shape index (κ2) is 8.71. The molecule has 0 N–H and O–H groups in total. The molecule has 0 saturated carbocycles. The lowest BCUT2D eigenvalue weighted by atomic mass is 9.91. The summed E-state index contributed by atoms with van der Waals surface area (Å²) in [5, 5.41) is 0. The monoisotopic (exact) mass is 431 g/mol. The van der Waals surface area contributed by atoms with Crippen molar-refractivity contribution in [1.29, 1.82) is 0 Å². The molecule has 0 spiro atoms. The van der Waals surface area contributed by atoms with Crippen molar-refractivity contribution in [2.24, 2.45) is 0 Å². The molecule has 33 heavy (non-hydrogen) atoms. The average molecular weight is 432 g/mol. The summed E-state index contributed by atoms with van der Waals surface area (Å²) in [6.45, 7) is 8.88. The van der Waals surface area contributed by atoms with Crippen LogP contribution in [-0.4, -0.2) is 10.9 Å². The summed E-state index contributed by atoms with van der Waals surface area (Å²) in [6, 6.07) is 35.4. The first-order valence-electron chi connectivity index (χ1n) is 11.7. The van der Waals surface area contributed by atoms with Gasteiger partial charge in [-0.3, -0.25) is 0 Å². The Hall–Kier alpha value is -3.65. The van der Waals surface area contributed by atoms with Gasteiger partial charge in [0.15, 0.2) is 12.1 Å². The number of hydrogen-bond donors (Lipinski definition) is 0. The number of aryl methyl sites for hydroxylation is 4. The minimum Gasteiger partial charge on any atom is -0.221 e. The maximum atomic E-state index is 2.50. The Kier molecular flexibility index (Phi) is 5.60. The number of para-hydroxylation sites is 2. The largest absolute Gasteiger partial charge is 0.245 e. The lowest BCUT2D eigenvalue weighted by Gasteiger charge is -2.26. The molecule has 1 aliphatic rings. The summed E-state index contributed by atoms with van der Waals surface area (Å²) < 4.78 is 2.50. The van der Waals surface area contributed by atoms with Crippen LogP contribution in [-0.2, 0) is 0 Å². The number of rotatable bonds is 4. The molecule has 0 aromatic heterocycles. The third-order valence-electron chi connectivity index (χ3n) is 6.82. The summed E-state index contributed by atoms with van der Waals surface area (Å²) >= 11 is 0. The molecule has 0 aliphatic carbocycles. The lowest BCUT2D eigenvalue weighted by Crippen LogP contribution is -2.27. The fourth-order valence-corrected chi connectivity index (χ4v) is 5.39. The molecule has 0 radical (unpaired) electrons. The summed E-state index contributed by atoms with van der Waals surface area (Å²) in [5.41, 5.74) is 10.4. The van der Waals surface area contributed by atoms with Crippen LogP contribution in [0.1, 0.15) is 45.5 Å². The fraction of sp³-hybridized carbons (Fsp3) is 0.194. The molecular formula is C31H31N2+. The van der Waals surface area contributed by atoms with Gasteiger partial charge in [-0.1, -0.05) is 97.1 Å². The van der Waals surface area contributed by atoms with Gasteiger partial charge in [0.25, 0.3) is 0 Å². The van der Waals surface area contributed by atoms with Crippen LogP contribution in [0.2, 0.25) is 0 Å². The van der Waals surface area contributed by atoms with E-state index in [-0.39, 0.29) is 12.1 Å². The standard InChI is InChI=1S/C31H31N2/c1-22-13-11-14-23(2)28(22)32-21-33(29-24(3)15-12-16-25(29)4)31(27-19-9-6-10-20-27)30(32)26-17-7-5-8-18-26/h5-21,30-31H,1-4H3/q+1.